The van der Waals surface area contributed by atoms with Gasteiger partial charge in [0, 0.05) is 17.7 Å². The number of rotatable bonds is 2. The lowest BCUT2D eigenvalue weighted by Gasteiger charge is -2.06. The van der Waals surface area contributed by atoms with E-state index in [-0.39, 0.29) is 0 Å². The third kappa shape index (κ3) is 2.79. The maximum Gasteiger partial charge on any atom is 0.142 e. The summed E-state index contributed by atoms with van der Waals surface area (Å²) in [5.41, 5.74) is 6.98. The van der Waals surface area contributed by atoms with Gasteiger partial charge in [0.2, 0.25) is 0 Å². The fraction of sp³-hybridized carbons (Fsp3) is 0.333. The van der Waals surface area contributed by atoms with Crippen LogP contribution in [0.2, 0.25) is 0 Å². The Labute approximate surface area is 84.8 Å². The molecule has 0 aliphatic carbocycles. The minimum absolute atomic E-state index is 0.589. The number of nitrogen functional groups attached to an aromatic ring is 1. The molecule has 0 saturated carbocycles. The highest BCUT2D eigenvalue weighted by Gasteiger charge is 2.05. The highest BCUT2D eigenvalue weighted by atomic mass is 16.3. The largest absolute Gasteiger partial charge is 0.398 e. The van der Waals surface area contributed by atoms with E-state index in [9.17, 15) is 5.11 Å². The van der Waals surface area contributed by atoms with Gasteiger partial charge >= 0.3 is 0 Å². The second-order valence-corrected chi connectivity index (χ2v) is 3.10. The Morgan fingerprint density at radius 3 is 2.79 bits per heavy atom. The minimum Gasteiger partial charge on any atom is -0.398 e. The molecule has 0 unspecified atom stereocenters. The molecular weight excluding hydrogens is 174 g/mol. The summed E-state index contributed by atoms with van der Waals surface area (Å²) in [5, 5.41) is 9.67. The predicted molar refractivity (Wildman–Crippen MR) is 58.5 cm³/mol. The highest BCUT2D eigenvalue weighted by Crippen LogP contribution is 2.18. The van der Waals surface area contributed by atoms with Crippen molar-refractivity contribution in [1.29, 1.82) is 0 Å². The quantitative estimate of drug-likeness (QED) is 0.553. The number of hydrogen-bond acceptors (Lipinski definition) is 2. The number of nitrogens with two attached hydrogens (primary N) is 1. The molecule has 0 aromatic heterocycles. The summed E-state index contributed by atoms with van der Waals surface area (Å²) < 4.78 is 0. The maximum absolute atomic E-state index is 9.67. The van der Waals surface area contributed by atoms with Gasteiger partial charge in [-0.25, -0.2) is 0 Å². The number of hydrogen-bond donors (Lipinski definition) is 2. The Morgan fingerprint density at radius 1 is 1.43 bits per heavy atom. The van der Waals surface area contributed by atoms with Crippen LogP contribution in [0.25, 0.3) is 0 Å². The molecular formula is C12H15NO. The molecule has 14 heavy (non-hydrogen) atoms. The van der Waals surface area contributed by atoms with Gasteiger partial charge in [0.05, 0.1) is 0 Å². The molecule has 0 fully saturated rings. The average Bonchev–Trinajstić information content (AvgIpc) is 2.18. The van der Waals surface area contributed by atoms with Crippen LogP contribution in [-0.2, 0) is 0 Å². The first-order valence-electron chi connectivity index (χ1n) is 4.76. The second kappa shape index (κ2) is 5.31. The summed E-state index contributed by atoms with van der Waals surface area (Å²) >= 11 is 0. The van der Waals surface area contributed by atoms with Crippen molar-refractivity contribution in [2.24, 2.45) is 0 Å². The van der Waals surface area contributed by atoms with E-state index in [1.165, 1.54) is 0 Å². The monoisotopic (exact) mass is 189 g/mol. The highest BCUT2D eigenvalue weighted by molar-refractivity contribution is 5.49. The maximum atomic E-state index is 9.67. The molecule has 0 aliphatic heterocycles. The number of aliphatic hydroxyl groups excluding tert-OH is 1. The molecule has 1 rings (SSSR count). The molecule has 74 valence electrons. The Hall–Kier alpha value is -1.46. The van der Waals surface area contributed by atoms with Crippen LogP contribution in [0.4, 0.5) is 5.69 Å². The topological polar surface area (TPSA) is 46.2 Å². The molecule has 2 nitrogen and oxygen atoms in total. The molecule has 0 aliphatic rings. The first kappa shape index (κ1) is 10.6. The van der Waals surface area contributed by atoms with Crippen LogP contribution in [0.15, 0.2) is 24.3 Å². The van der Waals surface area contributed by atoms with Gasteiger partial charge in [0.25, 0.3) is 0 Å². The summed E-state index contributed by atoms with van der Waals surface area (Å²) in [6.07, 6.45) is 1.05. The average molecular weight is 189 g/mol. The van der Waals surface area contributed by atoms with Gasteiger partial charge in [-0.1, -0.05) is 31.0 Å². The Kier molecular flexibility index (Phi) is 4.03. The molecule has 2 heteroatoms. The normalized spacial score (nSPS) is 11.6. The molecule has 0 heterocycles. The van der Waals surface area contributed by atoms with Crippen LogP contribution < -0.4 is 5.73 Å². The van der Waals surface area contributed by atoms with E-state index in [2.05, 4.69) is 18.8 Å². The summed E-state index contributed by atoms with van der Waals surface area (Å²) in [4.78, 5) is 0. The first-order chi connectivity index (χ1) is 6.75. The van der Waals surface area contributed by atoms with E-state index in [1.807, 2.05) is 12.1 Å². The van der Waals surface area contributed by atoms with Gasteiger partial charge in [-0.2, -0.15) is 0 Å². The molecule has 0 bridgehead atoms. The number of aliphatic hydroxyl groups is 1. The van der Waals surface area contributed by atoms with Gasteiger partial charge in [-0.3, -0.25) is 0 Å². The van der Waals surface area contributed by atoms with Gasteiger partial charge in [-0.15, -0.1) is 5.92 Å². The molecule has 1 aromatic carbocycles. The van der Waals surface area contributed by atoms with Crippen molar-refractivity contribution < 1.29 is 5.11 Å². The van der Waals surface area contributed by atoms with Crippen LogP contribution in [0.3, 0.4) is 0 Å². The number of anilines is 1. The Balaban J connectivity index is 2.76. The third-order valence-corrected chi connectivity index (χ3v) is 1.90. The summed E-state index contributed by atoms with van der Waals surface area (Å²) in [6.45, 7) is 2.05. The van der Waals surface area contributed by atoms with Crippen molar-refractivity contribution in [2.45, 2.75) is 25.9 Å². The van der Waals surface area contributed by atoms with Crippen LogP contribution in [0.1, 0.15) is 31.4 Å². The van der Waals surface area contributed by atoms with Gasteiger partial charge in [-0.05, 0) is 12.5 Å². The van der Waals surface area contributed by atoms with Crippen molar-refractivity contribution in [3.8, 4) is 11.8 Å². The van der Waals surface area contributed by atoms with Gasteiger partial charge in [0.15, 0.2) is 0 Å². The fourth-order valence-electron chi connectivity index (χ4n) is 1.13. The summed E-state index contributed by atoms with van der Waals surface area (Å²) in [5.74, 6) is 5.67. The number of unbranched alkanes of at least 4 members (excludes halogenated alkanes) is 1. The zero-order valence-corrected chi connectivity index (χ0v) is 8.33. The zero-order valence-electron chi connectivity index (χ0n) is 8.33. The van der Waals surface area contributed by atoms with Crippen molar-refractivity contribution in [3.05, 3.63) is 29.8 Å². The van der Waals surface area contributed by atoms with E-state index in [1.54, 1.807) is 12.1 Å². The summed E-state index contributed by atoms with van der Waals surface area (Å²) in [7, 11) is 0. The lowest BCUT2D eigenvalue weighted by molar-refractivity contribution is 0.239. The number of para-hydroxylation sites is 1. The van der Waals surface area contributed by atoms with Crippen molar-refractivity contribution in [2.75, 3.05) is 5.73 Å². The van der Waals surface area contributed by atoms with E-state index in [4.69, 9.17) is 5.73 Å². The van der Waals surface area contributed by atoms with E-state index in [0.29, 0.717) is 11.3 Å². The molecule has 0 radical (unpaired) electrons. The molecule has 0 spiro atoms. The van der Waals surface area contributed by atoms with E-state index < -0.39 is 6.10 Å². The molecule has 1 atom stereocenters. The second-order valence-electron chi connectivity index (χ2n) is 3.10. The zero-order chi connectivity index (χ0) is 10.4. The Bertz CT molecular complexity index is 349. The lowest BCUT2D eigenvalue weighted by Crippen LogP contribution is -1.99. The van der Waals surface area contributed by atoms with Crippen LogP contribution in [0, 0.1) is 11.8 Å². The lowest BCUT2D eigenvalue weighted by atomic mass is 10.1. The SMILES string of the molecule is CCCC#C[C@@H](O)c1ccccc1N. The van der Waals surface area contributed by atoms with Crippen molar-refractivity contribution >= 4 is 5.69 Å². The summed E-state index contributed by atoms with van der Waals surface area (Å²) in [6, 6.07) is 7.24. The van der Waals surface area contributed by atoms with Crippen LogP contribution in [0.5, 0.6) is 0 Å². The Morgan fingerprint density at radius 2 is 2.14 bits per heavy atom. The molecule has 3 N–H and O–H groups in total. The standard InChI is InChI=1S/C12H15NO/c1-2-3-4-9-12(14)10-7-5-6-8-11(10)13/h5-8,12,14H,2-3,13H2,1H3/t12-/m1/s1. The van der Waals surface area contributed by atoms with Crippen molar-refractivity contribution in [3.63, 3.8) is 0 Å². The van der Waals surface area contributed by atoms with Crippen molar-refractivity contribution in [1.82, 2.24) is 0 Å². The molecule has 1 aromatic rings. The molecule has 0 amide bonds. The smallest absolute Gasteiger partial charge is 0.142 e. The van der Waals surface area contributed by atoms with Gasteiger partial charge in [0.1, 0.15) is 6.10 Å². The number of benzene rings is 1. The van der Waals surface area contributed by atoms with Crippen LogP contribution in [-0.4, -0.2) is 5.11 Å². The fourth-order valence-corrected chi connectivity index (χ4v) is 1.13. The third-order valence-electron chi connectivity index (χ3n) is 1.90. The molecule has 0 saturated heterocycles. The predicted octanol–water partition coefficient (Wildman–Crippen LogP) is 2.11. The van der Waals surface area contributed by atoms with E-state index >= 15 is 0 Å². The van der Waals surface area contributed by atoms with Gasteiger partial charge < -0.3 is 10.8 Å². The minimum atomic E-state index is -0.761. The van der Waals surface area contributed by atoms with Crippen LogP contribution >= 0.6 is 0 Å². The van der Waals surface area contributed by atoms with E-state index in [0.717, 1.165) is 12.8 Å². The first-order valence-corrected chi connectivity index (χ1v) is 4.76.